The van der Waals surface area contributed by atoms with Crippen LogP contribution in [0.1, 0.15) is 31.0 Å². The van der Waals surface area contributed by atoms with E-state index >= 15 is 0 Å². The largest absolute Gasteiger partial charge is 0.333 e. The molecule has 0 spiro atoms. The van der Waals surface area contributed by atoms with Crippen LogP contribution in [0.25, 0.3) is 28.2 Å². The lowest BCUT2D eigenvalue weighted by atomic mass is 9.98. The maximum absolute atomic E-state index is 14.4. The number of halogens is 1. The third kappa shape index (κ3) is 4.55. The minimum atomic E-state index is -0.418. The second-order valence-corrected chi connectivity index (χ2v) is 8.41. The molecule has 0 bridgehead atoms. The topological polar surface area (TPSA) is 81.4 Å². The fraction of sp³-hybridized carbons (Fsp3) is 0.185. The molecule has 176 valence electrons. The lowest BCUT2D eigenvalue weighted by Gasteiger charge is -2.10. The molecule has 1 N–H and O–H groups in total. The Bertz CT molecular complexity index is 1490. The predicted octanol–water partition coefficient (Wildman–Crippen LogP) is 5.02. The van der Waals surface area contributed by atoms with Crippen molar-refractivity contribution in [3.63, 3.8) is 0 Å². The smallest absolute Gasteiger partial charge is 0.292 e. The van der Waals surface area contributed by atoms with Gasteiger partial charge < -0.3 is 0 Å². The summed E-state index contributed by atoms with van der Waals surface area (Å²) in [6.45, 7) is 2.52. The van der Waals surface area contributed by atoms with Gasteiger partial charge in [-0.3, -0.25) is 9.13 Å². The van der Waals surface area contributed by atoms with Crippen LogP contribution in [0, 0.1) is 5.82 Å². The molecule has 5 aromatic rings. The first-order chi connectivity index (χ1) is 17.2. The molecule has 5 rings (SSSR count). The Hall–Kier alpha value is -4.33. The molecule has 0 aliphatic carbocycles. The van der Waals surface area contributed by atoms with Crippen LogP contribution < -0.4 is 5.69 Å². The number of rotatable bonds is 8. The van der Waals surface area contributed by atoms with Gasteiger partial charge in [0.25, 0.3) is 0 Å². The summed E-state index contributed by atoms with van der Waals surface area (Å²) in [5.41, 5.74) is 4.83. The molecule has 0 saturated carbocycles. The highest BCUT2D eigenvalue weighted by Gasteiger charge is 2.16. The average molecular weight is 469 g/mol. The van der Waals surface area contributed by atoms with E-state index in [1.165, 1.54) is 10.6 Å². The Kier molecular flexibility index (Phi) is 6.34. The summed E-state index contributed by atoms with van der Waals surface area (Å²) < 4.78 is 17.6. The molecule has 0 unspecified atom stereocenters. The molecule has 0 radical (unpaired) electrons. The first-order valence-electron chi connectivity index (χ1n) is 11.6. The highest BCUT2D eigenvalue weighted by atomic mass is 19.1. The lowest BCUT2D eigenvalue weighted by Crippen LogP contribution is -2.25. The molecule has 0 aliphatic heterocycles. The number of aryl methyl sites for hydroxylation is 1. The molecule has 0 amide bonds. The van der Waals surface area contributed by atoms with Gasteiger partial charge in [0.15, 0.2) is 5.82 Å². The fourth-order valence-corrected chi connectivity index (χ4v) is 4.26. The van der Waals surface area contributed by atoms with Gasteiger partial charge in [-0.05, 0) is 52.1 Å². The number of nitrogens with one attached hydrogen (secondary N) is 1. The summed E-state index contributed by atoms with van der Waals surface area (Å²) >= 11 is 0. The van der Waals surface area contributed by atoms with Gasteiger partial charge in [-0.2, -0.15) is 0 Å². The number of aromatic amines is 1. The summed E-state index contributed by atoms with van der Waals surface area (Å²) in [5.74, 6) is 0.185. The first-order valence-corrected chi connectivity index (χ1v) is 11.6. The van der Waals surface area contributed by atoms with E-state index in [9.17, 15) is 9.18 Å². The molecule has 0 atom stereocenters. The van der Waals surface area contributed by atoms with Crippen LogP contribution in [0.15, 0.2) is 83.8 Å². The van der Waals surface area contributed by atoms with E-state index in [0.29, 0.717) is 12.4 Å². The van der Waals surface area contributed by atoms with Crippen molar-refractivity contribution in [1.82, 2.24) is 29.8 Å². The maximum Gasteiger partial charge on any atom is 0.333 e. The zero-order chi connectivity index (χ0) is 24.2. The monoisotopic (exact) mass is 468 g/mol. The Morgan fingerprint density at radius 2 is 1.69 bits per heavy atom. The quantitative estimate of drug-likeness (QED) is 0.347. The Balaban J connectivity index is 1.47. The number of hydrogen-bond acceptors (Lipinski definition) is 4. The van der Waals surface area contributed by atoms with Crippen molar-refractivity contribution in [2.24, 2.45) is 0 Å². The molecule has 0 fully saturated rings. The molecular formula is C27H25FN6O. The third-order valence-corrected chi connectivity index (χ3v) is 6.09. The van der Waals surface area contributed by atoms with Crippen molar-refractivity contribution in [3.8, 4) is 28.2 Å². The maximum atomic E-state index is 14.4. The number of unbranched alkanes of at least 4 members (excludes halogenated alkanes) is 1. The van der Waals surface area contributed by atoms with Crippen LogP contribution >= 0.6 is 0 Å². The number of nitrogens with zero attached hydrogens (tertiary/aromatic N) is 5. The van der Waals surface area contributed by atoms with Gasteiger partial charge >= 0.3 is 5.69 Å². The van der Waals surface area contributed by atoms with Crippen molar-refractivity contribution in [2.75, 3.05) is 0 Å². The Labute approximate surface area is 201 Å². The zero-order valence-corrected chi connectivity index (χ0v) is 19.4. The normalized spacial score (nSPS) is 11.1. The average Bonchev–Trinajstić information content (AvgIpc) is 3.53. The summed E-state index contributed by atoms with van der Waals surface area (Å²) in [5, 5.41) is 14.2. The van der Waals surface area contributed by atoms with Crippen LogP contribution in [0.3, 0.4) is 0 Å². The second-order valence-electron chi connectivity index (χ2n) is 8.41. The molecule has 8 heteroatoms. The molecule has 7 nitrogen and oxygen atoms in total. The van der Waals surface area contributed by atoms with Crippen LogP contribution in [0.4, 0.5) is 4.39 Å². The number of hydrogen-bond donors (Lipinski definition) is 1. The Morgan fingerprint density at radius 3 is 2.40 bits per heavy atom. The van der Waals surface area contributed by atoms with E-state index in [1.54, 1.807) is 29.0 Å². The van der Waals surface area contributed by atoms with Crippen LogP contribution in [-0.2, 0) is 13.0 Å². The van der Waals surface area contributed by atoms with Gasteiger partial charge in [-0.1, -0.05) is 74.0 Å². The van der Waals surface area contributed by atoms with E-state index < -0.39 is 5.82 Å². The highest BCUT2D eigenvalue weighted by Crippen LogP contribution is 2.29. The second kappa shape index (κ2) is 9.89. The van der Waals surface area contributed by atoms with E-state index in [2.05, 4.69) is 27.5 Å². The molecule has 3 aromatic carbocycles. The third-order valence-electron chi connectivity index (χ3n) is 6.09. The minimum Gasteiger partial charge on any atom is -0.292 e. The van der Waals surface area contributed by atoms with Gasteiger partial charge in [0.1, 0.15) is 5.82 Å². The van der Waals surface area contributed by atoms with Crippen LogP contribution in [-0.4, -0.2) is 29.8 Å². The van der Waals surface area contributed by atoms with Gasteiger partial charge in [-0.15, -0.1) is 5.10 Å². The molecule has 0 aliphatic rings. The Morgan fingerprint density at radius 1 is 0.943 bits per heavy atom. The summed E-state index contributed by atoms with van der Waals surface area (Å²) in [7, 11) is 0. The first kappa shape index (κ1) is 22.5. The van der Waals surface area contributed by atoms with E-state index in [0.717, 1.165) is 47.2 Å². The standard InChI is InChI=1S/C27H25FN6O/c1-2-3-8-21-18-34(25-12-7-6-11-24(25)28)27(35)33(21)17-19-13-15-20(16-14-19)22-9-4-5-10-23(22)26-29-31-32-30-26/h4-7,9-16,18H,2-3,8,17H2,1H3,(H,29,30,31,32). The number of tetrazole rings is 1. The summed E-state index contributed by atoms with van der Waals surface area (Å²) in [6.07, 6.45) is 4.48. The van der Waals surface area contributed by atoms with Gasteiger partial charge in [0.05, 0.1) is 12.2 Å². The lowest BCUT2D eigenvalue weighted by molar-refractivity contribution is 0.613. The van der Waals surface area contributed by atoms with Crippen molar-refractivity contribution in [1.29, 1.82) is 0 Å². The van der Waals surface area contributed by atoms with Crippen molar-refractivity contribution >= 4 is 0 Å². The number of H-pyrrole nitrogens is 1. The molecule has 2 heterocycles. The SMILES string of the molecule is CCCCc1cn(-c2ccccc2F)c(=O)n1Cc1ccc(-c2ccccc2-c2nnn[nH]2)cc1. The van der Waals surface area contributed by atoms with E-state index in [1.807, 2.05) is 48.5 Å². The zero-order valence-electron chi connectivity index (χ0n) is 19.4. The van der Waals surface area contributed by atoms with Crippen LogP contribution in [0.5, 0.6) is 0 Å². The molecule has 2 aromatic heterocycles. The van der Waals surface area contributed by atoms with E-state index in [-0.39, 0.29) is 11.4 Å². The van der Waals surface area contributed by atoms with Crippen LogP contribution in [0.2, 0.25) is 0 Å². The highest BCUT2D eigenvalue weighted by molar-refractivity contribution is 5.80. The number of para-hydroxylation sites is 1. The van der Waals surface area contributed by atoms with Crippen molar-refractivity contribution in [2.45, 2.75) is 32.7 Å². The summed E-state index contributed by atoms with van der Waals surface area (Å²) in [6, 6.07) is 22.4. The van der Waals surface area contributed by atoms with Crippen molar-refractivity contribution < 1.29 is 4.39 Å². The van der Waals surface area contributed by atoms with Crippen molar-refractivity contribution in [3.05, 3.63) is 107 Å². The number of imidazole rings is 1. The minimum absolute atomic E-state index is 0.242. The summed E-state index contributed by atoms with van der Waals surface area (Å²) in [4.78, 5) is 13.3. The molecular weight excluding hydrogens is 443 g/mol. The number of aromatic nitrogens is 6. The molecule has 35 heavy (non-hydrogen) atoms. The number of benzene rings is 3. The van der Waals surface area contributed by atoms with Gasteiger partial charge in [0.2, 0.25) is 0 Å². The van der Waals surface area contributed by atoms with E-state index in [4.69, 9.17) is 0 Å². The predicted molar refractivity (Wildman–Crippen MR) is 133 cm³/mol. The van der Waals surface area contributed by atoms with Gasteiger partial charge in [0, 0.05) is 17.5 Å². The fourth-order valence-electron chi connectivity index (χ4n) is 4.26. The van der Waals surface area contributed by atoms with Gasteiger partial charge in [-0.25, -0.2) is 14.3 Å². The molecule has 0 saturated heterocycles.